The maximum Gasteiger partial charge on any atom is 0.243 e. The van der Waals surface area contributed by atoms with Gasteiger partial charge in [0.2, 0.25) is 10.0 Å². The van der Waals surface area contributed by atoms with E-state index in [9.17, 15) is 8.42 Å². The minimum atomic E-state index is -3.50. The molecule has 0 unspecified atom stereocenters. The average Bonchev–Trinajstić information content (AvgIpc) is 3.13. The third-order valence-electron chi connectivity index (χ3n) is 2.84. The van der Waals surface area contributed by atoms with E-state index < -0.39 is 10.0 Å². The molecule has 2 heterocycles. The Labute approximate surface area is 123 Å². The van der Waals surface area contributed by atoms with Crippen LogP contribution < -0.4 is 10.0 Å². The highest BCUT2D eigenvalue weighted by atomic mass is 32.2. The quantitative estimate of drug-likeness (QED) is 0.579. The number of rotatable bonds is 9. The lowest BCUT2D eigenvalue weighted by molar-refractivity contribution is 0.542. The fourth-order valence-corrected chi connectivity index (χ4v) is 2.74. The van der Waals surface area contributed by atoms with Crippen molar-refractivity contribution in [2.45, 2.75) is 24.4 Å². The lowest BCUT2D eigenvalue weighted by atomic mass is 10.4. The molecule has 0 aromatic carbocycles. The predicted octanol–water partition coefficient (Wildman–Crippen LogP) is -0.937. The van der Waals surface area contributed by atoms with E-state index in [0.29, 0.717) is 26.1 Å². The lowest BCUT2D eigenvalue weighted by Crippen LogP contribution is -2.25. The number of nitrogens with zero attached hydrogens (tertiary/aromatic N) is 5. The Morgan fingerprint density at radius 1 is 1.24 bits per heavy atom. The first-order chi connectivity index (χ1) is 10.1. The van der Waals surface area contributed by atoms with Crippen LogP contribution in [0.2, 0.25) is 0 Å². The molecule has 0 aliphatic carbocycles. The molecule has 21 heavy (non-hydrogen) atoms. The Balaban J connectivity index is 1.82. The third-order valence-corrected chi connectivity index (χ3v) is 4.25. The van der Waals surface area contributed by atoms with Crippen LogP contribution in [0, 0.1) is 0 Å². The normalized spacial score (nSPS) is 11.9. The topological polar surface area (TPSA) is 107 Å². The summed E-state index contributed by atoms with van der Waals surface area (Å²) in [7, 11) is -1.67. The lowest BCUT2D eigenvalue weighted by Gasteiger charge is -2.04. The second-order valence-electron chi connectivity index (χ2n) is 4.46. The number of aromatic nitrogens is 5. The molecule has 2 aromatic rings. The van der Waals surface area contributed by atoms with Gasteiger partial charge in [-0.2, -0.15) is 5.10 Å². The zero-order valence-electron chi connectivity index (χ0n) is 11.8. The number of aryl methyl sites for hydroxylation is 1. The zero-order valence-corrected chi connectivity index (χ0v) is 12.6. The smallest absolute Gasteiger partial charge is 0.243 e. The van der Waals surface area contributed by atoms with E-state index in [1.807, 2.05) is 7.05 Å². The molecule has 2 aromatic heterocycles. The first-order valence-electron chi connectivity index (χ1n) is 6.62. The van der Waals surface area contributed by atoms with Crippen molar-refractivity contribution >= 4 is 10.0 Å². The van der Waals surface area contributed by atoms with Crippen molar-refractivity contribution in [1.82, 2.24) is 34.8 Å². The molecular weight excluding hydrogens is 294 g/mol. The number of likely N-dealkylation sites (N-methyl/N-ethyl adjacent to an activating group) is 1. The van der Waals surface area contributed by atoms with Gasteiger partial charge in [-0.25, -0.2) is 13.1 Å². The monoisotopic (exact) mass is 313 g/mol. The molecule has 0 aliphatic rings. The van der Waals surface area contributed by atoms with E-state index in [1.54, 1.807) is 21.8 Å². The number of nitrogens with one attached hydrogen (secondary N) is 2. The summed E-state index contributed by atoms with van der Waals surface area (Å²) in [5.41, 5.74) is 0. The highest BCUT2D eigenvalue weighted by Crippen LogP contribution is 2.06. The summed E-state index contributed by atoms with van der Waals surface area (Å²) in [6.45, 7) is 2.30. The van der Waals surface area contributed by atoms with Crippen molar-refractivity contribution in [3.05, 3.63) is 24.8 Å². The molecule has 0 bridgehead atoms. The maximum atomic E-state index is 12.1. The highest BCUT2D eigenvalue weighted by molar-refractivity contribution is 7.89. The SMILES string of the molecule is CNCCn1cc(S(=O)(=O)NCCCn2ccnn2)cn1. The Morgan fingerprint density at radius 2 is 2.10 bits per heavy atom. The van der Waals surface area contributed by atoms with E-state index in [-0.39, 0.29) is 4.90 Å². The second-order valence-corrected chi connectivity index (χ2v) is 6.23. The van der Waals surface area contributed by atoms with Crippen LogP contribution in [0.3, 0.4) is 0 Å². The summed E-state index contributed by atoms with van der Waals surface area (Å²) in [6.07, 6.45) is 6.84. The first-order valence-corrected chi connectivity index (χ1v) is 8.11. The van der Waals surface area contributed by atoms with Gasteiger partial charge in [0.05, 0.1) is 18.9 Å². The van der Waals surface area contributed by atoms with Gasteiger partial charge in [0.25, 0.3) is 0 Å². The van der Waals surface area contributed by atoms with E-state index in [4.69, 9.17) is 0 Å². The molecule has 0 spiro atoms. The van der Waals surface area contributed by atoms with E-state index in [0.717, 1.165) is 6.54 Å². The molecule has 2 N–H and O–H groups in total. The standard InChI is InChI=1S/C11H19N7O2S/c1-12-4-7-18-10-11(9-14-18)21(19,20)15-3-2-6-17-8-5-13-16-17/h5,8-10,12,15H,2-4,6-7H2,1H3. The molecule has 9 nitrogen and oxygen atoms in total. The van der Waals surface area contributed by atoms with Crippen LogP contribution >= 0.6 is 0 Å². The van der Waals surface area contributed by atoms with E-state index in [2.05, 4.69) is 25.4 Å². The minimum Gasteiger partial charge on any atom is -0.318 e. The minimum absolute atomic E-state index is 0.180. The van der Waals surface area contributed by atoms with Crippen LogP contribution in [-0.4, -0.2) is 53.3 Å². The van der Waals surface area contributed by atoms with Gasteiger partial charge in [-0.05, 0) is 13.5 Å². The molecule has 0 amide bonds. The fraction of sp³-hybridized carbons (Fsp3) is 0.545. The van der Waals surface area contributed by atoms with Crippen LogP contribution in [0.1, 0.15) is 6.42 Å². The van der Waals surface area contributed by atoms with Gasteiger partial charge >= 0.3 is 0 Å². The summed E-state index contributed by atoms with van der Waals surface area (Å²) in [4.78, 5) is 0.180. The van der Waals surface area contributed by atoms with E-state index >= 15 is 0 Å². The molecule has 0 saturated carbocycles. The summed E-state index contributed by atoms with van der Waals surface area (Å²) >= 11 is 0. The summed E-state index contributed by atoms with van der Waals surface area (Å²) in [6, 6.07) is 0. The Bertz CT molecular complexity index is 635. The van der Waals surface area contributed by atoms with Crippen molar-refractivity contribution in [2.24, 2.45) is 0 Å². The molecule has 0 saturated heterocycles. The Kier molecular flexibility index (Phi) is 5.42. The Hall–Kier alpha value is -1.78. The van der Waals surface area contributed by atoms with Crippen LogP contribution in [0.15, 0.2) is 29.7 Å². The molecule has 116 valence electrons. The number of hydrogen-bond donors (Lipinski definition) is 2. The van der Waals surface area contributed by atoms with Gasteiger partial charge in [-0.3, -0.25) is 9.36 Å². The second kappa shape index (κ2) is 7.29. The van der Waals surface area contributed by atoms with Crippen molar-refractivity contribution in [1.29, 1.82) is 0 Å². The van der Waals surface area contributed by atoms with Crippen molar-refractivity contribution in [3.63, 3.8) is 0 Å². The largest absolute Gasteiger partial charge is 0.318 e. The van der Waals surface area contributed by atoms with Crippen LogP contribution in [0.4, 0.5) is 0 Å². The van der Waals surface area contributed by atoms with E-state index in [1.165, 1.54) is 12.4 Å². The molecule has 2 rings (SSSR count). The van der Waals surface area contributed by atoms with Crippen molar-refractivity contribution < 1.29 is 8.42 Å². The fourth-order valence-electron chi connectivity index (χ4n) is 1.71. The van der Waals surface area contributed by atoms with Crippen molar-refractivity contribution in [3.8, 4) is 0 Å². The first kappa shape index (κ1) is 15.6. The summed E-state index contributed by atoms with van der Waals surface area (Å²) in [5.74, 6) is 0. The van der Waals surface area contributed by atoms with Crippen LogP contribution in [-0.2, 0) is 23.1 Å². The zero-order chi connectivity index (χ0) is 15.1. The van der Waals surface area contributed by atoms with Gasteiger partial charge in [0, 0.05) is 32.0 Å². The van der Waals surface area contributed by atoms with Gasteiger partial charge < -0.3 is 5.32 Å². The van der Waals surface area contributed by atoms with Gasteiger partial charge in [0.15, 0.2) is 0 Å². The molecule has 0 aliphatic heterocycles. The maximum absolute atomic E-state index is 12.1. The summed E-state index contributed by atoms with van der Waals surface area (Å²) in [5, 5.41) is 14.5. The average molecular weight is 313 g/mol. The number of hydrogen-bond acceptors (Lipinski definition) is 6. The molecule has 10 heteroatoms. The molecule has 0 atom stereocenters. The van der Waals surface area contributed by atoms with Crippen molar-refractivity contribution in [2.75, 3.05) is 20.1 Å². The molecule has 0 fully saturated rings. The van der Waals surface area contributed by atoms with Crippen LogP contribution in [0.25, 0.3) is 0 Å². The Morgan fingerprint density at radius 3 is 2.81 bits per heavy atom. The van der Waals surface area contributed by atoms with Crippen LogP contribution in [0.5, 0.6) is 0 Å². The van der Waals surface area contributed by atoms with Gasteiger partial charge in [-0.1, -0.05) is 5.21 Å². The van der Waals surface area contributed by atoms with Gasteiger partial charge in [0.1, 0.15) is 4.90 Å². The molecular formula is C11H19N7O2S. The number of sulfonamides is 1. The molecule has 0 radical (unpaired) electrons. The third kappa shape index (κ3) is 4.62. The highest BCUT2D eigenvalue weighted by Gasteiger charge is 2.15. The predicted molar refractivity (Wildman–Crippen MR) is 76.0 cm³/mol. The summed E-state index contributed by atoms with van der Waals surface area (Å²) < 4.78 is 29.9. The van der Waals surface area contributed by atoms with Gasteiger partial charge in [-0.15, -0.1) is 5.10 Å².